The molecule has 1 aromatic carbocycles. The maximum Gasteiger partial charge on any atom is 0.268 e. The van der Waals surface area contributed by atoms with Crippen molar-refractivity contribution >= 4 is 28.9 Å². The molecule has 0 bridgehead atoms. The predicted octanol–water partition coefficient (Wildman–Crippen LogP) is 2.74. The van der Waals surface area contributed by atoms with Gasteiger partial charge in [-0.25, -0.2) is 0 Å². The Hall–Kier alpha value is -2.21. The molecule has 0 aliphatic rings. The Morgan fingerprint density at radius 1 is 1.30 bits per heavy atom. The number of rotatable bonds is 4. The summed E-state index contributed by atoms with van der Waals surface area (Å²) >= 11 is 5.20. The largest absolute Gasteiger partial charge is 0.376 e. The lowest BCUT2D eigenvalue weighted by molar-refractivity contribution is 0.100. The van der Waals surface area contributed by atoms with Crippen LogP contribution in [0.4, 0.5) is 5.69 Å². The predicted molar refractivity (Wildman–Crippen MR) is 96.7 cm³/mol. The number of nitrogens with zero attached hydrogens (tertiary/aromatic N) is 3. The second-order valence-electron chi connectivity index (χ2n) is 5.41. The number of amides is 1. The molecule has 0 saturated carbocycles. The first-order valence-electron chi connectivity index (χ1n) is 7.65. The quantitative estimate of drug-likeness (QED) is 0.876. The Kier molecular flexibility index (Phi) is 5.15. The van der Waals surface area contributed by atoms with Crippen molar-refractivity contribution in [3.05, 3.63) is 46.8 Å². The summed E-state index contributed by atoms with van der Waals surface area (Å²) < 4.78 is 1.62. The molecule has 2 rings (SSSR count). The highest BCUT2D eigenvalue weighted by Crippen LogP contribution is 2.29. The van der Waals surface area contributed by atoms with Crippen molar-refractivity contribution in [2.45, 2.75) is 33.6 Å². The molecule has 6 heteroatoms. The van der Waals surface area contributed by atoms with Crippen molar-refractivity contribution in [1.82, 2.24) is 9.78 Å². The first-order chi connectivity index (χ1) is 10.9. The summed E-state index contributed by atoms with van der Waals surface area (Å²) in [6.07, 6.45) is 3.28. The summed E-state index contributed by atoms with van der Waals surface area (Å²) in [4.78, 5) is 14.5. The Bertz CT molecular complexity index is 729. The normalized spacial score (nSPS) is 10.6. The summed E-state index contributed by atoms with van der Waals surface area (Å²) in [5.74, 6) is -0.237. The highest BCUT2D eigenvalue weighted by molar-refractivity contribution is 7.80. The minimum absolute atomic E-state index is 0.0499. The second kappa shape index (κ2) is 6.91. The molecule has 1 heterocycles. The summed E-state index contributed by atoms with van der Waals surface area (Å²) in [7, 11) is 1.78. The van der Waals surface area contributed by atoms with E-state index in [1.165, 1.54) is 4.90 Å². The van der Waals surface area contributed by atoms with Crippen molar-refractivity contribution in [2.24, 2.45) is 12.8 Å². The minimum atomic E-state index is -0.237. The van der Waals surface area contributed by atoms with Gasteiger partial charge in [0.05, 0.1) is 16.9 Å². The number of aromatic nitrogens is 2. The number of aryl methyl sites for hydroxylation is 4. The van der Waals surface area contributed by atoms with Gasteiger partial charge in [0, 0.05) is 13.2 Å². The van der Waals surface area contributed by atoms with Gasteiger partial charge in [-0.1, -0.05) is 32.0 Å². The van der Waals surface area contributed by atoms with Crippen molar-refractivity contribution in [2.75, 3.05) is 4.90 Å². The first-order valence-corrected chi connectivity index (χ1v) is 8.06. The standard InChI is InChI=1S/C17H22N4OS/c1-5-12-8-7-9-13(6-2)15(12)21(17(18)23)16(22)14-10-20(4)19-11(14)3/h7-10H,5-6H2,1-4H3,(H2,18,23). The molecule has 0 aliphatic carbocycles. The van der Waals surface area contributed by atoms with Gasteiger partial charge in [-0.15, -0.1) is 0 Å². The number of carbonyl (C=O) groups excluding carboxylic acids is 1. The molecule has 0 atom stereocenters. The molecule has 0 aliphatic heterocycles. The third kappa shape index (κ3) is 3.27. The molecule has 23 heavy (non-hydrogen) atoms. The molecule has 1 amide bonds. The SMILES string of the molecule is CCc1cccc(CC)c1N(C(=O)c1cn(C)nc1C)C(N)=S. The summed E-state index contributed by atoms with van der Waals surface area (Å²) in [6, 6.07) is 6.00. The topological polar surface area (TPSA) is 64.2 Å². The van der Waals surface area contributed by atoms with E-state index in [1.807, 2.05) is 18.2 Å². The second-order valence-corrected chi connectivity index (χ2v) is 5.83. The number of hydrogen-bond donors (Lipinski definition) is 1. The molecule has 122 valence electrons. The van der Waals surface area contributed by atoms with E-state index in [4.69, 9.17) is 18.0 Å². The number of para-hydroxylation sites is 1. The summed E-state index contributed by atoms with van der Waals surface area (Å²) in [6.45, 7) is 5.91. The van der Waals surface area contributed by atoms with E-state index in [1.54, 1.807) is 24.9 Å². The maximum atomic E-state index is 13.1. The Labute approximate surface area is 142 Å². The number of carbonyl (C=O) groups is 1. The van der Waals surface area contributed by atoms with E-state index in [2.05, 4.69) is 18.9 Å². The molecule has 2 N–H and O–H groups in total. The van der Waals surface area contributed by atoms with Crippen LogP contribution in [0.3, 0.4) is 0 Å². The van der Waals surface area contributed by atoms with Crippen molar-refractivity contribution in [1.29, 1.82) is 0 Å². The van der Waals surface area contributed by atoms with Gasteiger partial charge in [0.2, 0.25) is 0 Å². The molecular formula is C17H22N4OS. The summed E-state index contributed by atoms with van der Waals surface area (Å²) in [5.41, 5.74) is 9.99. The Morgan fingerprint density at radius 2 is 1.87 bits per heavy atom. The zero-order valence-corrected chi connectivity index (χ0v) is 14.8. The van der Waals surface area contributed by atoms with Gasteiger partial charge in [-0.2, -0.15) is 5.10 Å². The smallest absolute Gasteiger partial charge is 0.268 e. The molecular weight excluding hydrogens is 308 g/mol. The van der Waals surface area contributed by atoms with Crippen LogP contribution in [0.15, 0.2) is 24.4 Å². The van der Waals surface area contributed by atoms with Gasteiger partial charge < -0.3 is 5.73 Å². The number of benzene rings is 1. The molecule has 0 radical (unpaired) electrons. The lowest BCUT2D eigenvalue weighted by Gasteiger charge is -2.26. The van der Waals surface area contributed by atoms with Gasteiger partial charge >= 0.3 is 0 Å². The Morgan fingerprint density at radius 3 is 2.26 bits per heavy atom. The number of hydrogen-bond acceptors (Lipinski definition) is 3. The van der Waals surface area contributed by atoms with Crippen LogP contribution in [-0.2, 0) is 19.9 Å². The zero-order chi connectivity index (χ0) is 17.1. The number of anilines is 1. The third-order valence-electron chi connectivity index (χ3n) is 3.86. The van der Waals surface area contributed by atoms with E-state index < -0.39 is 0 Å². The molecule has 0 saturated heterocycles. The van der Waals surface area contributed by atoms with Crippen molar-refractivity contribution in [3.8, 4) is 0 Å². The molecule has 0 unspecified atom stereocenters. The highest BCUT2D eigenvalue weighted by Gasteiger charge is 2.26. The number of thiocarbonyl (C=S) groups is 1. The van der Waals surface area contributed by atoms with Crippen molar-refractivity contribution in [3.63, 3.8) is 0 Å². The fraction of sp³-hybridized carbons (Fsp3) is 0.353. The van der Waals surface area contributed by atoms with E-state index in [9.17, 15) is 4.79 Å². The van der Waals surface area contributed by atoms with E-state index >= 15 is 0 Å². The van der Waals surface area contributed by atoms with Crippen molar-refractivity contribution < 1.29 is 4.79 Å². The fourth-order valence-corrected chi connectivity index (χ4v) is 2.92. The van der Waals surface area contributed by atoms with Gasteiger partial charge in [0.1, 0.15) is 0 Å². The van der Waals surface area contributed by atoms with Crippen LogP contribution in [0.5, 0.6) is 0 Å². The van der Waals surface area contributed by atoms with E-state index in [0.717, 1.165) is 29.7 Å². The van der Waals surface area contributed by atoms with Crippen LogP contribution in [0.25, 0.3) is 0 Å². The highest BCUT2D eigenvalue weighted by atomic mass is 32.1. The van der Waals surface area contributed by atoms with Crippen LogP contribution >= 0.6 is 12.2 Å². The average Bonchev–Trinajstić information content (AvgIpc) is 2.85. The van der Waals surface area contributed by atoms with Crippen LogP contribution in [0.2, 0.25) is 0 Å². The lowest BCUT2D eigenvalue weighted by atomic mass is 10.0. The van der Waals surface area contributed by atoms with E-state index in [0.29, 0.717) is 11.3 Å². The molecule has 2 aromatic rings. The fourth-order valence-electron chi connectivity index (χ4n) is 2.74. The van der Waals surface area contributed by atoms with Crippen LogP contribution in [-0.4, -0.2) is 20.8 Å². The number of nitrogens with two attached hydrogens (primary N) is 1. The van der Waals surface area contributed by atoms with Crippen LogP contribution < -0.4 is 10.6 Å². The Balaban J connectivity index is 2.62. The monoisotopic (exact) mass is 330 g/mol. The van der Waals surface area contributed by atoms with Gasteiger partial charge in [0.15, 0.2) is 5.11 Å². The molecule has 0 spiro atoms. The maximum absolute atomic E-state index is 13.1. The zero-order valence-electron chi connectivity index (χ0n) is 14.0. The summed E-state index contributed by atoms with van der Waals surface area (Å²) in [5, 5.41) is 4.29. The lowest BCUT2D eigenvalue weighted by Crippen LogP contribution is -2.42. The third-order valence-corrected chi connectivity index (χ3v) is 4.04. The van der Waals surface area contributed by atoms with Gasteiger partial charge in [-0.3, -0.25) is 14.4 Å². The molecule has 5 nitrogen and oxygen atoms in total. The first kappa shape index (κ1) is 17.1. The van der Waals surface area contributed by atoms with E-state index in [-0.39, 0.29) is 11.0 Å². The van der Waals surface area contributed by atoms with Crippen LogP contribution in [0.1, 0.15) is 41.0 Å². The molecule has 0 fully saturated rings. The average molecular weight is 330 g/mol. The molecule has 1 aromatic heterocycles. The van der Waals surface area contributed by atoms with Crippen LogP contribution in [0, 0.1) is 6.92 Å². The van der Waals surface area contributed by atoms with Gasteiger partial charge in [-0.05, 0) is 43.1 Å². The minimum Gasteiger partial charge on any atom is -0.376 e. The van der Waals surface area contributed by atoms with Gasteiger partial charge in [0.25, 0.3) is 5.91 Å².